The topological polar surface area (TPSA) is 3.24 Å². The average molecular weight is 802 g/mol. The predicted molar refractivity (Wildman–Crippen MR) is 269 cm³/mol. The van der Waals surface area contributed by atoms with Crippen LogP contribution in [-0.4, -0.2) is 0 Å². The van der Waals surface area contributed by atoms with E-state index < -0.39 is 0 Å². The largest absolute Gasteiger partial charge is 0.309 e. The maximum Gasteiger partial charge on any atom is 0.0540 e. The lowest BCUT2D eigenvalue weighted by Crippen LogP contribution is -2.12. The smallest absolute Gasteiger partial charge is 0.0540 e. The quantitative estimate of drug-likeness (QED) is 0.131. The van der Waals surface area contributed by atoms with Gasteiger partial charge in [-0.3, -0.25) is 0 Å². The zero-order valence-electron chi connectivity index (χ0n) is 34.8. The van der Waals surface area contributed by atoms with Gasteiger partial charge in [-0.1, -0.05) is 224 Å². The minimum absolute atomic E-state index is 1.08. The van der Waals surface area contributed by atoms with E-state index in [0.29, 0.717) is 0 Å². The van der Waals surface area contributed by atoms with Crippen molar-refractivity contribution in [1.29, 1.82) is 0 Å². The van der Waals surface area contributed by atoms with E-state index in [1.54, 1.807) is 0 Å². The molecule has 0 saturated carbocycles. The third-order valence-corrected chi connectivity index (χ3v) is 12.2. The summed E-state index contributed by atoms with van der Waals surface area (Å²) in [4.78, 5) is 2.46. The number of hydrogen-bond donors (Lipinski definition) is 0. The van der Waals surface area contributed by atoms with Crippen LogP contribution < -0.4 is 4.90 Å². The van der Waals surface area contributed by atoms with Crippen molar-refractivity contribution in [3.63, 3.8) is 0 Å². The summed E-state index contributed by atoms with van der Waals surface area (Å²) in [5.74, 6) is 0. The monoisotopic (exact) mass is 801 g/mol. The zero-order chi connectivity index (χ0) is 42.0. The van der Waals surface area contributed by atoms with Crippen molar-refractivity contribution in [1.82, 2.24) is 0 Å². The van der Waals surface area contributed by atoms with Gasteiger partial charge in [0.2, 0.25) is 0 Å². The van der Waals surface area contributed by atoms with Crippen molar-refractivity contribution in [2.45, 2.75) is 0 Å². The lowest BCUT2D eigenvalue weighted by Gasteiger charge is -2.30. The van der Waals surface area contributed by atoms with Gasteiger partial charge in [-0.05, 0) is 114 Å². The zero-order valence-corrected chi connectivity index (χ0v) is 34.8. The molecule has 0 aliphatic carbocycles. The number of para-hydroxylation sites is 1. The Morgan fingerprint density at radius 3 is 1.29 bits per heavy atom. The molecule has 0 saturated heterocycles. The van der Waals surface area contributed by atoms with E-state index in [1.807, 2.05) is 0 Å². The maximum atomic E-state index is 2.46. The molecule has 0 radical (unpaired) electrons. The molecule has 0 aliphatic heterocycles. The molecular formula is C62H43N. The fraction of sp³-hybridized carbons (Fsp3) is 0. The van der Waals surface area contributed by atoms with E-state index in [1.165, 1.54) is 60.5 Å². The van der Waals surface area contributed by atoms with Gasteiger partial charge < -0.3 is 4.90 Å². The second-order valence-corrected chi connectivity index (χ2v) is 16.0. The number of benzene rings is 11. The van der Waals surface area contributed by atoms with Crippen LogP contribution in [0, 0.1) is 0 Å². The summed E-state index contributed by atoms with van der Waals surface area (Å²) in [5.41, 5.74) is 17.5. The Kier molecular flexibility index (Phi) is 9.97. The minimum atomic E-state index is 1.08. The van der Waals surface area contributed by atoms with Gasteiger partial charge in [0, 0.05) is 16.8 Å². The van der Waals surface area contributed by atoms with Gasteiger partial charge in [-0.25, -0.2) is 0 Å². The van der Waals surface area contributed by atoms with Crippen LogP contribution >= 0.6 is 0 Å². The highest BCUT2D eigenvalue weighted by molar-refractivity contribution is 6.22. The SMILES string of the molecule is c1ccc(-c2ccc(N(c3cccc(-c4ccc5c(c4)c(-c4ccccc4)c(-c4ccccc4)c4ccccc45)c3)c3ccccc3-c3ccccc3)c(-c3ccccc3)c2)cc1. The molecule has 0 aromatic heterocycles. The molecule has 0 atom stereocenters. The van der Waals surface area contributed by atoms with E-state index in [2.05, 4.69) is 266 Å². The molecule has 0 unspecified atom stereocenters. The van der Waals surface area contributed by atoms with Crippen molar-refractivity contribution < 1.29 is 0 Å². The number of nitrogens with zero attached hydrogens (tertiary/aromatic N) is 1. The summed E-state index contributed by atoms with van der Waals surface area (Å²) in [6.45, 7) is 0. The molecule has 63 heavy (non-hydrogen) atoms. The average Bonchev–Trinajstić information content (AvgIpc) is 3.37. The van der Waals surface area contributed by atoms with Gasteiger partial charge in [0.1, 0.15) is 0 Å². The second-order valence-electron chi connectivity index (χ2n) is 16.0. The second kappa shape index (κ2) is 16.7. The van der Waals surface area contributed by atoms with E-state index >= 15 is 0 Å². The molecule has 0 amide bonds. The summed E-state index contributed by atoms with van der Waals surface area (Å²) in [6.07, 6.45) is 0. The van der Waals surface area contributed by atoms with Gasteiger partial charge in [0.05, 0.1) is 11.4 Å². The van der Waals surface area contributed by atoms with E-state index in [4.69, 9.17) is 0 Å². The first-order chi connectivity index (χ1) is 31.3. The summed E-state index contributed by atoms with van der Waals surface area (Å²) in [6, 6.07) is 94.7. The third-order valence-electron chi connectivity index (χ3n) is 12.2. The van der Waals surface area contributed by atoms with Gasteiger partial charge in [0.15, 0.2) is 0 Å². The molecule has 0 spiro atoms. The van der Waals surface area contributed by atoms with E-state index in [9.17, 15) is 0 Å². The Morgan fingerprint density at radius 2 is 0.635 bits per heavy atom. The van der Waals surface area contributed by atoms with Crippen molar-refractivity contribution >= 4 is 38.6 Å². The van der Waals surface area contributed by atoms with Crippen molar-refractivity contribution in [2.24, 2.45) is 0 Å². The highest BCUT2D eigenvalue weighted by atomic mass is 15.1. The molecule has 0 heterocycles. The molecule has 11 aromatic carbocycles. The molecule has 0 fully saturated rings. The summed E-state index contributed by atoms with van der Waals surface area (Å²) in [7, 11) is 0. The van der Waals surface area contributed by atoms with E-state index in [0.717, 1.165) is 44.9 Å². The van der Waals surface area contributed by atoms with Crippen LogP contribution in [0.25, 0.3) is 88.3 Å². The van der Waals surface area contributed by atoms with Crippen LogP contribution in [0.3, 0.4) is 0 Å². The lowest BCUT2D eigenvalue weighted by atomic mass is 9.84. The fourth-order valence-electron chi connectivity index (χ4n) is 9.33. The molecular weight excluding hydrogens is 759 g/mol. The molecule has 1 heteroatoms. The number of anilines is 3. The molecule has 11 aromatic rings. The molecule has 0 aliphatic rings. The molecule has 1 nitrogen and oxygen atoms in total. The first-order valence-corrected chi connectivity index (χ1v) is 21.7. The lowest BCUT2D eigenvalue weighted by molar-refractivity contribution is 1.28. The first kappa shape index (κ1) is 37.7. The summed E-state index contributed by atoms with van der Waals surface area (Å²) < 4.78 is 0. The molecule has 0 N–H and O–H groups in total. The molecule has 296 valence electrons. The van der Waals surface area contributed by atoms with Gasteiger partial charge in [0.25, 0.3) is 0 Å². The Labute approximate surface area is 369 Å². The number of rotatable bonds is 9. The predicted octanol–water partition coefficient (Wildman–Crippen LogP) is 17.5. The fourth-order valence-corrected chi connectivity index (χ4v) is 9.33. The van der Waals surface area contributed by atoms with E-state index in [-0.39, 0.29) is 0 Å². The minimum Gasteiger partial charge on any atom is -0.309 e. The Hall–Kier alpha value is -8.26. The van der Waals surface area contributed by atoms with Gasteiger partial charge in [-0.2, -0.15) is 0 Å². The maximum absolute atomic E-state index is 2.46. The first-order valence-electron chi connectivity index (χ1n) is 21.7. The number of hydrogen-bond acceptors (Lipinski definition) is 1. The highest BCUT2D eigenvalue weighted by Gasteiger charge is 2.23. The normalized spacial score (nSPS) is 11.2. The summed E-state index contributed by atoms with van der Waals surface area (Å²) in [5, 5.41) is 4.98. The van der Waals surface area contributed by atoms with Crippen LogP contribution in [0.1, 0.15) is 0 Å². The van der Waals surface area contributed by atoms with Crippen LogP contribution in [0.15, 0.2) is 261 Å². The van der Waals surface area contributed by atoms with Crippen LogP contribution in [-0.2, 0) is 0 Å². The van der Waals surface area contributed by atoms with Crippen LogP contribution in [0.5, 0.6) is 0 Å². The Bertz CT molecular complexity index is 3360. The number of fused-ring (bicyclic) bond motifs is 3. The standard InChI is InChI=1S/C62H43N/c1-6-21-44(22-7-1)50-38-40-60(57(42-50)46-25-10-3-11-26-46)63(59-36-19-18-33-53(59)45-23-8-2-9-24-45)52-32-20-31-49(41-52)51-37-39-55-54-34-16-17-35-56(54)61(47-27-12-4-13-28-47)62(58(55)43-51)48-29-14-5-15-30-48/h1-43H. The molecule has 11 rings (SSSR count). The Balaban J connectivity index is 1.15. The van der Waals surface area contributed by atoms with Crippen molar-refractivity contribution in [2.75, 3.05) is 4.90 Å². The highest BCUT2D eigenvalue weighted by Crippen LogP contribution is 2.48. The molecule has 0 bridgehead atoms. The van der Waals surface area contributed by atoms with Crippen molar-refractivity contribution in [3.05, 3.63) is 261 Å². The van der Waals surface area contributed by atoms with Crippen LogP contribution in [0.2, 0.25) is 0 Å². The van der Waals surface area contributed by atoms with Crippen molar-refractivity contribution in [3.8, 4) is 66.8 Å². The van der Waals surface area contributed by atoms with Gasteiger partial charge >= 0.3 is 0 Å². The van der Waals surface area contributed by atoms with Gasteiger partial charge in [-0.15, -0.1) is 0 Å². The Morgan fingerprint density at radius 1 is 0.206 bits per heavy atom. The van der Waals surface area contributed by atoms with Crippen LogP contribution in [0.4, 0.5) is 17.1 Å². The third kappa shape index (κ3) is 7.16. The summed E-state index contributed by atoms with van der Waals surface area (Å²) >= 11 is 0.